The fraction of sp³-hybridized carbons (Fsp3) is 0.316. The molecule has 0 aliphatic rings. The minimum atomic E-state index is -3.58. The van der Waals surface area contributed by atoms with Crippen molar-refractivity contribution in [2.75, 3.05) is 13.2 Å². The fourth-order valence-corrected chi connectivity index (χ4v) is 4.72. The van der Waals surface area contributed by atoms with Gasteiger partial charge in [-0.05, 0) is 57.5 Å². The van der Waals surface area contributed by atoms with E-state index in [0.29, 0.717) is 21.7 Å². The van der Waals surface area contributed by atoms with Crippen LogP contribution in [0.25, 0.3) is 21.9 Å². The van der Waals surface area contributed by atoms with Crippen molar-refractivity contribution in [3.8, 4) is 0 Å². The van der Waals surface area contributed by atoms with Crippen LogP contribution in [0.2, 0.25) is 0 Å². The molecule has 0 fully saturated rings. The summed E-state index contributed by atoms with van der Waals surface area (Å²) in [7, 11) is -3.58. The van der Waals surface area contributed by atoms with Gasteiger partial charge in [-0.1, -0.05) is 11.6 Å². The van der Waals surface area contributed by atoms with Crippen LogP contribution in [-0.2, 0) is 13.6 Å². The van der Waals surface area contributed by atoms with Gasteiger partial charge in [-0.2, -0.15) is 0 Å². The maximum Gasteiger partial charge on any atom is 0.365 e. The Morgan fingerprint density at radius 3 is 2.24 bits per heavy atom. The van der Waals surface area contributed by atoms with Gasteiger partial charge in [-0.15, -0.1) is 0 Å². The normalized spacial score (nSPS) is 12.2. The lowest BCUT2D eigenvalue weighted by Gasteiger charge is -2.18. The van der Waals surface area contributed by atoms with Crippen LogP contribution < -0.4 is 10.7 Å². The molecule has 0 saturated carbocycles. The standard InChI is InChI=1S/C19H21O5P/c1-5-22-25(21,23-6-2)17-11-13(4)10-15-18(20)14-9-12(3)7-8-16(14)24-19(15)17/h7-11H,5-6H2,1-4H3. The lowest BCUT2D eigenvalue weighted by molar-refractivity contribution is 0.230. The Kier molecular flexibility index (Phi) is 4.83. The van der Waals surface area contributed by atoms with E-state index < -0.39 is 7.60 Å². The predicted molar refractivity (Wildman–Crippen MR) is 100.0 cm³/mol. The SMILES string of the molecule is CCOP(=O)(OCC)c1cc(C)cc2c(=O)c3cc(C)ccc3oc12. The molecule has 3 rings (SSSR count). The van der Waals surface area contributed by atoms with E-state index in [1.807, 2.05) is 19.9 Å². The summed E-state index contributed by atoms with van der Waals surface area (Å²) in [6, 6.07) is 8.87. The Morgan fingerprint density at radius 2 is 1.60 bits per heavy atom. The van der Waals surface area contributed by atoms with Gasteiger partial charge in [0.05, 0.1) is 24.0 Å². The van der Waals surface area contributed by atoms with Crippen molar-refractivity contribution in [1.82, 2.24) is 0 Å². The van der Waals surface area contributed by atoms with Crippen LogP contribution in [0.3, 0.4) is 0 Å². The smallest absolute Gasteiger partial charge is 0.365 e. The summed E-state index contributed by atoms with van der Waals surface area (Å²) in [5, 5.41) is 1.19. The summed E-state index contributed by atoms with van der Waals surface area (Å²) < 4.78 is 30.2. The number of rotatable bonds is 5. The topological polar surface area (TPSA) is 65.7 Å². The highest BCUT2D eigenvalue weighted by Gasteiger charge is 2.31. The molecule has 1 aromatic heterocycles. The summed E-state index contributed by atoms with van der Waals surface area (Å²) in [5.74, 6) is 0. The van der Waals surface area contributed by atoms with E-state index in [9.17, 15) is 9.36 Å². The van der Waals surface area contributed by atoms with Crippen molar-refractivity contribution in [2.24, 2.45) is 0 Å². The molecule has 0 radical (unpaired) electrons. The summed E-state index contributed by atoms with van der Waals surface area (Å²) in [5.41, 5.74) is 2.33. The van der Waals surface area contributed by atoms with Gasteiger partial charge in [-0.3, -0.25) is 9.36 Å². The highest BCUT2D eigenvalue weighted by molar-refractivity contribution is 7.62. The zero-order valence-electron chi connectivity index (χ0n) is 14.8. The highest BCUT2D eigenvalue weighted by atomic mass is 31.2. The lowest BCUT2D eigenvalue weighted by Crippen LogP contribution is -2.15. The number of hydrogen-bond donors (Lipinski definition) is 0. The van der Waals surface area contributed by atoms with Gasteiger partial charge in [0.25, 0.3) is 0 Å². The summed E-state index contributed by atoms with van der Waals surface area (Å²) in [6.45, 7) is 7.71. The van der Waals surface area contributed by atoms with E-state index in [1.165, 1.54) is 0 Å². The average molecular weight is 360 g/mol. The van der Waals surface area contributed by atoms with Gasteiger partial charge in [0, 0.05) is 0 Å². The molecule has 25 heavy (non-hydrogen) atoms. The van der Waals surface area contributed by atoms with Crippen LogP contribution in [0, 0.1) is 13.8 Å². The van der Waals surface area contributed by atoms with Crippen LogP contribution >= 0.6 is 7.60 Å². The Bertz CT molecular complexity index is 1040. The molecule has 3 aromatic rings. The van der Waals surface area contributed by atoms with Crippen LogP contribution in [0.5, 0.6) is 0 Å². The summed E-state index contributed by atoms with van der Waals surface area (Å²) >= 11 is 0. The minimum absolute atomic E-state index is 0.149. The Labute approximate surface area is 146 Å². The minimum Gasteiger partial charge on any atom is -0.455 e. The largest absolute Gasteiger partial charge is 0.455 e. The van der Waals surface area contributed by atoms with Crippen LogP contribution in [0.1, 0.15) is 25.0 Å². The Morgan fingerprint density at radius 1 is 0.960 bits per heavy atom. The van der Waals surface area contributed by atoms with Crippen molar-refractivity contribution >= 4 is 34.8 Å². The molecule has 0 unspecified atom stereocenters. The first-order valence-electron chi connectivity index (χ1n) is 8.27. The van der Waals surface area contributed by atoms with Gasteiger partial charge in [0.15, 0.2) is 5.58 Å². The third-order valence-electron chi connectivity index (χ3n) is 3.94. The third kappa shape index (κ3) is 3.15. The first kappa shape index (κ1) is 17.9. The molecule has 0 amide bonds. The third-order valence-corrected chi connectivity index (χ3v) is 6.06. The quantitative estimate of drug-likeness (QED) is 0.497. The second-order valence-electron chi connectivity index (χ2n) is 5.92. The van der Waals surface area contributed by atoms with E-state index in [0.717, 1.165) is 11.1 Å². The van der Waals surface area contributed by atoms with Crippen LogP contribution in [0.15, 0.2) is 39.5 Å². The number of fused-ring (bicyclic) bond motifs is 2. The first-order valence-corrected chi connectivity index (χ1v) is 9.81. The molecule has 0 aliphatic carbocycles. The number of benzene rings is 2. The first-order chi connectivity index (χ1) is 11.9. The molecule has 0 saturated heterocycles. The second kappa shape index (κ2) is 6.75. The van der Waals surface area contributed by atoms with Gasteiger partial charge < -0.3 is 13.5 Å². The van der Waals surface area contributed by atoms with Gasteiger partial charge in [-0.25, -0.2) is 0 Å². The maximum atomic E-state index is 13.3. The van der Waals surface area contributed by atoms with Gasteiger partial charge in [0.1, 0.15) is 10.9 Å². The molecular weight excluding hydrogens is 339 g/mol. The Balaban J connectivity index is 2.44. The molecule has 0 spiro atoms. The molecule has 6 heteroatoms. The van der Waals surface area contributed by atoms with E-state index in [-0.39, 0.29) is 24.2 Å². The number of aryl methyl sites for hydroxylation is 2. The average Bonchev–Trinajstić information content (AvgIpc) is 2.56. The second-order valence-corrected chi connectivity index (χ2v) is 7.92. The molecular formula is C19H21O5P. The molecule has 0 atom stereocenters. The molecule has 0 N–H and O–H groups in total. The van der Waals surface area contributed by atoms with Crippen molar-refractivity contribution in [2.45, 2.75) is 27.7 Å². The lowest BCUT2D eigenvalue weighted by atomic mass is 10.1. The molecule has 0 bridgehead atoms. The molecule has 2 aromatic carbocycles. The predicted octanol–water partition coefficient (Wildman–Crippen LogP) is 4.45. The fourth-order valence-electron chi connectivity index (χ4n) is 2.91. The molecule has 5 nitrogen and oxygen atoms in total. The molecule has 132 valence electrons. The molecule has 1 heterocycles. The monoisotopic (exact) mass is 360 g/mol. The zero-order valence-corrected chi connectivity index (χ0v) is 15.7. The van der Waals surface area contributed by atoms with Crippen molar-refractivity contribution < 1.29 is 18.0 Å². The maximum absolute atomic E-state index is 13.3. The van der Waals surface area contributed by atoms with Crippen molar-refractivity contribution in [1.29, 1.82) is 0 Å². The van der Waals surface area contributed by atoms with E-state index in [2.05, 4.69) is 0 Å². The molecule has 0 aliphatic heterocycles. The van der Waals surface area contributed by atoms with Gasteiger partial charge >= 0.3 is 7.60 Å². The zero-order chi connectivity index (χ0) is 18.2. The Hall–Kier alpha value is -1.94. The van der Waals surface area contributed by atoms with Crippen molar-refractivity contribution in [3.63, 3.8) is 0 Å². The van der Waals surface area contributed by atoms with Gasteiger partial charge in [0.2, 0.25) is 5.43 Å². The number of hydrogen-bond acceptors (Lipinski definition) is 5. The van der Waals surface area contributed by atoms with Crippen LogP contribution in [-0.4, -0.2) is 13.2 Å². The van der Waals surface area contributed by atoms with E-state index >= 15 is 0 Å². The van der Waals surface area contributed by atoms with E-state index in [4.69, 9.17) is 13.5 Å². The van der Waals surface area contributed by atoms with Crippen molar-refractivity contribution in [3.05, 3.63) is 51.7 Å². The summed E-state index contributed by atoms with van der Waals surface area (Å²) in [4.78, 5) is 13.0. The van der Waals surface area contributed by atoms with E-state index in [1.54, 1.807) is 38.1 Å². The summed E-state index contributed by atoms with van der Waals surface area (Å²) in [6.07, 6.45) is 0. The highest BCUT2D eigenvalue weighted by Crippen LogP contribution is 2.48. The van der Waals surface area contributed by atoms with Crippen LogP contribution in [0.4, 0.5) is 0 Å².